The number of anilines is 2. The Bertz CT molecular complexity index is 717. The van der Waals surface area contributed by atoms with E-state index in [0.29, 0.717) is 0 Å². The highest BCUT2D eigenvalue weighted by molar-refractivity contribution is 7.92. The van der Waals surface area contributed by atoms with Crippen LogP contribution < -0.4 is 10.0 Å². The largest absolute Gasteiger partial charge is 0.372 e. The van der Waals surface area contributed by atoms with Gasteiger partial charge in [-0.15, -0.1) is 0 Å². The molecular weight excluding hydrogens is 305 g/mol. The summed E-state index contributed by atoms with van der Waals surface area (Å²) < 4.78 is 40.3. The number of rotatable bonds is 4. The molecule has 0 atom stereocenters. The molecule has 1 aromatic carbocycles. The van der Waals surface area contributed by atoms with Gasteiger partial charge < -0.3 is 5.32 Å². The van der Waals surface area contributed by atoms with Crippen molar-refractivity contribution in [2.24, 2.45) is 0 Å². The van der Waals surface area contributed by atoms with E-state index in [0.717, 1.165) is 6.07 Å². The molecular formula is C12H11ClFN3O2S. The molecule has 1 heterocycles. The molecule has 1 aromatic heterocycles. The molecule has 0 saturated carbocycles. The van der Waals surface area contributed by atoms with Gasteiger partial charge in [-0.1, -0.05) is 17.7 Å². The molecule has 2 rings (SSSR count). The van der Waals surface area contributed by atoms with Crippen LogP contribution in [-0.2, 0) is 10.0 Å². The minimum atomic E-state index is -4.00. The maximum Gasteiger partial charge on any atom is 0.265 e. The number of nitrogens with zero attached hydrogens (tertiary/aromatic N) is 1. The standard InChI is InChI=1S/C12H11ClFN3O2S/c1-15-12-10(6-3-7-16-12)20(18,19)17-11-8(13)4-2-5-9(11)14/h2-7,17H,1H3,(H,15,16). The Morgan fingerprint density at radius 3 is 2.65 bits per heavy atom. The fraction of sp³-hybridized carbons (Fsp3) is 0.0833. The second-order valence-corrected chi connectivity index (χ2v) is 5.86. The summed E-state index contributed by atoms with van der Waals surface area (Å²) in [5.74, 6) is -0.594. The molecule has 0 amide bonds. The summed E-state index contributed by atoms with van der Waals surface area (Å²) >= 11 is 5.80. The smallest absolute Gasteiger partial charge is 0.265 e. The summed E-state index contributed by atoms with van der Waals surface area (Å²) in [6.07, 6.45) is 1.45. The first-order valence-electron chi connectivity index (χ1n) is 5.55. The Hall–Kier alpha value is -1.86. The zero-order valence-corrected chi connectivity index (χ0v) is 12.0. The maximum atomic E-state index is 13.6. The minimum absolute atomic E-state index is 0.0246. The highest BCUT2D eigenvalue weighted by Crippen LogP contribution is 2.28. The van der Waals surface area contributed by atoms with Gasteiger partial charge in [0.25, 0.3) is 10.0 Å². The maximum absolute atomic E-state index is 13.6. The fourth-order valence-corrected chi connectivity index (χ4v) is 3.10. The Morgan fingerprint density at radius 1 is 1.25 bits per heavy atom. The summed E-state index contributed by atoms with van der Waals surface area (Å²) in [6, 6.07) is 6.73. The fourth-order valence-electron chi connectivity index (χ4n) is 1.58. The first-order chi connectivity index (χ1) is 9.45. The molecule has 0 aliphatic heterocycles. The molecule has 0 fully saturated rings. The zero-order chi connectivity index (χ0) is 14.8. The van der Waals surface area contributed by atoms with E-state index in [2.05, 4.69) is 15.0 Å². The van der Waals surface area contributed by atoms with Crippen molar-refractivity contribution < 1.29 is 12.8 Å². The van der Waals surface area contributed by atoms with Gasteiger partial charge in [0.15, 0.2) is 0 Å². The van der Waals surface area contributed by atoms with Crippen LogP contribution in [0.5, 0.6) is 0 Å². The SMILES string of the molecule is CNc1ncccc1S(=O)(=O)Nc1c(F)cccc1Cl. The molecule has 20 heavy (non-hydrogen) atoms. The number of hydrogen-bond acceptors (Lipinski definition) is 4. The molecule has 0 aliphatic rings. The molecule has 0 radical (unpaired) electrons. The average molecular weight is 316 g/mol. The zero-order valence-electron chi connectivity index (χ0n) is 10.4. The number of pyridine rings is 1. The van der Waals surface area contributed by atoms with Crippen molar-refractivity contribution in [2.75, 3.05) is 17.1 Å². The van der Waals surface area contributed by atoms with Crippen molar-refractivity contribution in [1.82, 2.24) is 4.98 Å². The predicted octanol–water partition coefficient (Wildman–Crippen LogP) is 2.72. The van der Waals surface area contributed by atoms with Gasteiger partial charge in [-0.05, 0) is 24.3 Å². The Balaban J connectivity index is 2.47. The molecule has 2 N–H and O–H groups in total. The van der Waals surface area contributed by atoms with Gasteiger partial charge in [-0.25, -0.2) is 17.8 Å². The summed E-state index contributed by atoms with van der Waals surface area (Å²) in [6.45, 7) is 0. The van der Waals surface area contributed by atoms with Crippen molar-refractivity contribution in [3.63, 3.8) is 0 Å². The number of halogens is 2. The van der Waals surface area contributed by atoms with Crippen molar-refractivity contribution in [3.05, 3.63) is 47.4 Å². The Kier molecular flexibility index (Phi) is 4.10. The highest BCUT2D eigenvalue weighted by Gasteiger charge is 2.21. The summed E-state index contributed by atoms with van der Waals surface area (Å²) in [5.41, 5.74) is -0.292. The van der Waals surface area contributed by atoms with Crippen molar-refractivity contribution in [1.29, 1.82) is 0 Å². The lowest BCUT2D eigenvalue weighted by atomic mass is 10.3. The predicted molar refractivity (Wildman–Crippen MR) is 76.0 cm³/mol. The first-order valence-corrected chi connectivity index (χ1v) is 7.41. The quantitative estimate of drug-likeness (QED) is 0.910. The lowest BCUT2D eigenvalue weighted by molar-refractivity contribution is 0.598. The molecule has 106 valence electrons. The molecule has 0 bridgehead atoms. The minimum Gasteiger partial charge on any atom is -0.372 e. The van der Waals surface area contributed by atoms with Gasteiger partial charge >= 0.3 is 0 Å². The normalized spacial score (nSPS) is 11.2. The van der Waals surface area contributed by atoms with E-state index in [1.54, 1.807) is 0 Å². The average Bonchev–Trinajstić information content (AvgIpc) is 2.43. The summed E-state index contributed by atoms with van der Waals surface area (Å²) in [4.78, 5) is 3.80. The van der Waals surface area contributed by atoms with E-state index in [9.17, 15) is 12.8 Å². The van der Waals surface area contributed by atoms with Gasteiger partial charge in [0, 0.05) is 13.2 Å². The summed E-state index contributed by atoms with van der Waals surface area (Å²) in [7, 11) is -2.46. The molecule has 0 unspecified atom stereocenters. The molecule has 5 nitrogen and oxygen atoms in total. The van der Waals surface area contributed by atoms with E-state index in [4.69, 9.17) is 11.6 Å². The molecule has 0 spiro atoms. The van der Waals surface area contributed by atoms with Gasteiger partial charge in [-0.2, -0.15) is 0 Å². The van der Waals surface area contributed by atoms with E-state index in [1.807, 2.05) is 0 Å². The first kappa shape index (κ1) is 14.5. The van der Waals surface area contributed by atoms with Gasteiger partial charge in [0.2, 0.25) is 0 Å². The van der Waals surface area contributed by atoms with E-state index in [1.165, 1.54) is 37.5 Å². The van der Waals surface area contributed by atoms with Crippen LogP contribution in [0.15, 0.2) is 41.4 Å². The second kappa shape index (κ2) is 5.64. The van der Waals surface area contributed by atoms with Crippen LogP contribution in [0.4, 0.5) is 15.9 Å². The third-order valence-corrected chi connectivity index (χ3v) is 4.19. The van der Waals surface area contributed by atoms with Crippen LogP contribution in [0.2, 0.25) is 5.02 Å². The molecule has 2 aromatic rings. The third kappa shape index (κ3) is 2.83. The second-order valence-electron chi connectivity index (χ2n) is 3.80. The Labute approximate surface area is 120 Å². The third-order valence-electron chi connectivity index (χ3n) is 2.50. The lowest BCUT2D eigenvalue weighted by Crippen LogP contribution is -2.16. The molecule has 0 aliphatic carbocycles. The number of aromatic nitrogens is 1. The van der Waals surface area contributed by atoms with E-state index in [-0.39, 0.29) is 21.4 Å². The number of benzene rings is 1. The van der Waals surface area contributed by atoms with Gasteiger partial charge in [0.05, 0.1) is 5.02 Å². The van der Waals surface area contributed by atoms with Crippen molar-refractivity contribution >= 4 is 33.1 Å². The van der Waals surface area contributed by atoms with Crippen LogP contribution in [-0.4, -0.2) is 20.4 Å². The lowest BCUT2D eigenvalue weighted by Gasteiger charge is -2.12. The van der Waals surface area contributed by atoms with Crippen LogP contribution in [0, 0.1) is 5.82 Å². The number of para-hydroxylation sites is 1. The number of sulfonamides is 1. The number of nitrogens with one attached hydrogen (secondary N) is 2. The monoisotopic (exact) mass is 315 g/mol. The van der Waals surface area contributed by atoms with Crippen LogP contribution in [0.3, 0.4) is 0 Å². The molecule has 0 saturated heterocycles. The number of hydrogen-bond donors (Lipinski definition) is 2. The van der Waals surface area contributed by atoms with E-state index >= 15 is 0 Å². The highest BCUT2D eigenvalue weighted by atomic mass is 35.5. The summed E-state index contributed by atoms with van der Waals surface area (Å²) in [5, 5.41) is 2.64. The Morgan fingerprint density at radius 2 is 2.00 bits per heavy atom. The topological polar surface area (TPSA) is 71.1 Å². The molecule has 8 heteroatoms. The van der Waals surface area contributed by atoms with E-state index < -0.39 is 15.8 Å². The van der Waals surface area contributed by atoms with Crippen LogP contribution >= 0.6 is 11.6 Å². The van der Waals surface area contributed by atoms with Crippen LogP contribution in [0.1, 0.15) is 0 Å². The van der Waals surface area contributed by atoms with Crippen molar-refractivity contribution in [3.8, 4) is 0 Å². The van der Waals surface area contributed by atoms with Crippen LogP contribution in [0.25, 0.3) is 0 Å². The van der Waals surface area contributed by atoms with Crippen molar-refractivity contribution in [2.45, 2.75) is 4.90 Å². The van der Waals surface area contributed by atoms with Gasteiger partial charge in [-0.3, -0.25) is 4.72 Å². The van der Waals surface area contributed by atoms with Gasteiger partial charge in [0.1, 0.15) is 22.2 Å².